The van der Waals surface area contributed by atoms with Crippen molar-refractivity contribution < 1.29 is 24.1 Å². The first-order valence-electron chi connectivity index (χ1n) is 39.3. The van der Waals surface area contributed by atoms with Gasteiger partial charge in [-0.3, -0.25) is 14.4 Å². The summed E-state index contributed by atoms with van der Waals surface area (Å²) in [5.74, 6) is 5.23. The van der Waals surface area contributed by atoms with Crippen molar-refractivity contribution in [2.75, 3.05) is 16.0 Å². The average molecular weight is 1560 g/mol. The normalized spacial score (nSPS) is 17.8. The van der Waals surface area contributed by atoms with Gasteiger partial charge in [0, 0.05) is 47.5 Å². The molecule has 13 aromatic rings. The van der Waals surface area contributed by atoms with Gasteiger partial charge < -0.3 is 35.7 Å². The minimum absolute atomic E-state index is 0.186. The molecule has 27 nitrogen and oxygen atoms in total. The molecule has 0 spiro atoms. The van der Waals surface area contributed by atoms with E-state index in [1.165, 1.54) is 49.3 Å². The number of aliphatic hydroxyl groups is 3. The highest BCUT2D eigenvalue weighted by atomic mass is 19.1. The SMILES string of the molecule is C=CCn1c(=O)c2cnc(Nc3ccc(C4CCC(C#N)CC4)cc3)nc2n1-c1cccc(C(C)(C)O)n1.C=CCn1c(=O)c2cnc(Nc3ccc(C4CCC(F)CC4)cc3)nc2n1-c1cccc(C(C)(C)O)n1.C=CCn1c(=O)c2cnc(Nc3ccc(C4CCC(c5ncco5)CC4)cc3)nc2n1-c1cccc(C(C)(C)O)n1. The van der Waals surface area contributed by atoms with E-state index in [0.717, 1.165) is 87.2 Å². The van der Waals surface area contributed by atoms with Gasteiger partial charge in [-0.1, -0.05) is 72.8 Å². The summed E-state index contributed by atoms with van der Waals surface area (Å²) < 4.78 is 28.4. The van der Waals surface area contributed by atoms with Gasteiger partial charge >= 0.3 is 0 Å². The summed E-state index contributed by atoms with van der Waals surface area (Å²) in [4.78, 5) is 85.1. The van der Waals surface area contributed by atoms with Crippen LogP contribution >= 0.6 is 0 Å². The number of alkyl halides is 1. The van der Waals surface area contributed by atoms with Crippen molar-refractivity contribution in [3.8, 4) is 23.5 Å². The molecule has 0 amide bonds. The number of halogens is 1. The molecular formula is C88H95FN20O7. The fraction of sp³-hybridized carbons (Fsp3) is 0.341. The fourth-order valence-corrected chi connectivity index (χ4v) is 15.4. The van der Waals surface area contributed by atoms with Crippen LogP contribution in [-0.2, 0) is 36.4 Å². The Hall–Kier alpha value is -12.7. The molecule has 0 radical (unpaired) electrons. The van der Waals surface area contributed by atoms with Crippen LogP contribution in [0, 0.1) is 17.2 Å². The van der Waals surface area contributed by atoms with E-state index in [1.54, 1.807) is 141 Å². The molecule has 3 fully saturated rings. The number of nitriles is 1. The molecule has 0 atom stereocenters. The summed E-state index contributed by atoms with van der Waals surface area (Å²) in [6, 6.07) is 43.0. The number of oxazole rings is 1. The molecule has 3 aromatic carbocycles. The fourth-order valence-electron chi connectivity index (χ4n) is 15.4. The van der Waals surface area contributed by atoms with Gasteiger partial charge in [0.15, 0.2) is 40.3 Å². The van der Waals surface area contributed by atoms with E-state index in [2.05, 4.69) is 123 Å². The first-order chi connectivity index (χ1) is 55.8. The van der Waals surface area contributed by atoms with Crippen molar-refractivity contribution in [1.29, 1.82) is 5.26 Å². The Bertz CT molecular complexity index is 5910. The Balaban J connectivity index is 0.000000144. The van der Waals surface area contributed by atoms with Crippen LogP contribution in [0.4, 0.5) is 39.3 Å². The highest BCUT2D eigenvalue weighted by Crippen LogP contribution is 2.42. The van der Waals surface area contributed by atoms with Crippen LogP contribution in [0.15, 0.2) is 215 Å². The number of pyridine rings is 3. The van der Waals surface area contributed by atoms with Crippen LogP contribution in [0.3, 0.4) is 0 Å². The second-order valence-electron chi connectivity index (χ2n) is 31.4. The van der Waals surface area contributed by atoms with Gasteiger partial charge in [-0.05, 0) is 226 Å². The zero-order valence-corrected chi connectivity index (χ0v) is 65.9. The maximum Gasteiger partial charge on any atom is 0.278 e. The Morgan fingerprint density at radius 1 is 0.448 bits per heavy atom. The zero-order valence-electron chi connectivity index (χ0n) is 65.9. The van der Waals surface area contributed by atoms with Crippen molar-refractivity contribution in [3.05, 3.63) is 267 Å². The van der Waals surface area contributed by atoms with Crippen molar-refractivity contribution in [2.45, 2.75) is 185 Å². The Morgan fingerprint density at radius 2 is 0.759 bits per heavy atom. The molecule has 3 aliphatic rings. The Morgan fingerprint density at radius 3 is 1.05 bits per heavy atom. The maximum absolute atomic E-state index is 13.5. The topological polar surface area (TPSA) is 343 Å². The minimum atomic E-state index is -1.15. The van der Waals surface area contributed by atoms with Crippen LogP contribution in [0.25, 0.3) is 50.6 Å². The van der Waals surface area contributed by atoms with Gasteiger partial charge in [0.25, 0.3) is 16.7 Å². The predicted molar refractivity (Wildman–Crippen MR) is 445 cm³/mol. The Kier molecular flexibility index (Phi) is 23.5. The van der Waals surface area contributed by atoms with Crippen LogP contribution in [0.5, 0.6) is 0 Å². The summed E-state index contributed by atoms with van der Waals surface area (Å²) >= 11 is 0. The maximum atomic E-state index is 13.5. The molecule has 0 saturated heterocycles. The van der Waals surface area contributed by atoms with E-state index in [1.807, 2.05) is 36.4 Å². The van der Waals surface area contributed by atoms with Gasteiger partial charge in [-0.15, -0.1) is 19.7 Å². The molecule has 3 saturated carbocycles. The van der Waals surface area contributed by atoms with E-state index in [4.69, 9.17) is 14.7 Å². The summed E-state index contributed by atoms with van der Waals surface area (Å²) in [6.45, 7) is 22.1. The molecule has 10 heterocycles. The number of hydrogen-bond acceptors (Lipinski definition) is 21. The number of nitrogens with one attached hydrogen (secondary N) is 3. The third kappa shape index (κ3) is 17.6. The number of benzene rings is 3. The molecule has 28 heteroatoms. The molecule has 0 unspecified atom stereocenters. The lowest BCUT2D eigenvalue weighted by Crippen LogP contribution is -2.23. The molecule has 0 aliphatic heterocycles. The summed E-state index contributed by atoms with van der Waals surface area (Å²) in [7, 11) is 0. The summed E-state index contributed by atoms with van der Waals surface area (Å²) in [5.41, 5.74) is 4.72. The number of rotatable bonds is 22. The van der Waals surface area contributed by atoms with Crippen LogP contribution in [-0.4, -0.2) is 99.4 Å². The summed E-state index contributed by atoms with van der Waals surface area (Å²) in [5, 5.41) is 51.4. The van der Waals surface area contributed by atoms with Crippen molar-refractivity contribution in [1.82, 2.24) is 77.9 Å². The number of hydrogen-bond donors (Lipinski definition) is 6. The second kappa shape index (κ2) is 34.2. The predicted octanol–water partition coefficient (Wildman–Crippen LogP) is 15.6. The van der Waals surface area contributed by atoms with Gasteiger partial charge in [-0.2, -0.15) is 20.2 Å². The number of aromatic nitrogens is 16. The zero-order chi connectivity index (χ0) is 81.6. The standard InChI is InChI=1S/C31H33N7O3.C29H31N7O2.C28H31FN6O2/c1-4-17-37-29(39)24-19-33-30(36-27(24)38(37)26-7-5-6-25(35-26)31(2,3)40)34-23-14-12-21(13-15-23)20-8-10-22(11-9-20)28-32-16-18-41-28;1-4-16-35-27(37)23-18-31-28(34-26(23)36(35)25-7-5-6-24(33-25)29(2,3)38)32-22-14-12-21(13-15-22)20-10-8-19(17-30)9-11-20;1-4-16-34-26(36)22-17-30-27(31-21-14-10-19(11-15-21)18-8-12-20(29)13-9-18)33-25(22)35(34)24-7-5-6-23(32-24)28(2,3)37/h4-7,12-16,18-20,22,40H,1,8-11,17H2,2-3H3,(H,33,34,36);4-7,12-15,18-20,38H,1,8-11,16H2,2-3H3,(H,31,32,34);4-7,10-11,14-15,17-18,20,37H,1,8-9,12-13,16H2,2-3H3,(H,30,31,33). The smallest absolute Gasteiger partial charge is 0.278 e. The van der Waals surface area contributed by atoms with Crippen LogP contribution < -0.4 is 32.6 Å². The number of anilines is 6. The van der Waals surface area contributed by atoms with Crippen molar-refractivity contribution >= 4 is 68.0 Å². The first-order valence-corrected chi connectivity index (χ1v) is 39.3. The highest BCUT2D eigenvalue weighted by Gasteiger charge is 2.30. The molecule has 16 rings (SSSR count). The van der Waals surface area contributed by atoms with Gasteiger partial charge in [0.2, 0.25) is 17.8 Å². The Labute approximate surface area is 669 Å². The van der Waals surface area contributed by atoms with Gasteiger partial charge in [-0.25, -0.2) is 67.4 Å². The lowest BCUT2D eigenvalue weighted by molar-refractivity contribution is 0.0733. The van der Waals surface area contributed by atoms with E-state index in [0.29, 0.717) is 122 Å². The molecule has 116 heavy (non-hydrogen) atoms. The van der Waals surface area contributed by atoms with Crippen molar-refractivity contribution in [2.24, 2.45) is 5.92 Å². The molecule has 596 valence electrons. The largest absolute Gasteiger partial charge is 0.449 e. The number of fused-ring (bicyclic) bond motifs is 3. The molecule has 3 aliphatic carbocycles. The average Bonchev–Trinajstić information content (AvgIpc) is 1.61. The third-order valence-electron chi connectivity index (χ3n) is 21.7. The molecule has 10 aromatic heterocycles. The van der Waals surface area contributed by atoms with Crippen LogP contribution in [0.2, 0.25) is 0 Å². The van der Waals surface area contributed by atoms with Crippen LogP contribution in [0.1, 0.15) is 182 Å². The van der Waals surface area contributed by atoms with Gasteiger partial charge in [0.1, 0.15) is 45.4 Å². The van der Waals surface area contributed by atoms with E-state index >= 15 is 0 Å². The quantitative estimate of drug-likeness (QED) is 0.0343. The summed E-state index contributed by atoms with van der Waals surface area (Å²) in [6.07, 6.45) is 23.5. The number of nitrogens with zero attached hydrogens (tertiary/aromatic N) is 17. The molecular weight excluding hydrogens is 1470 g/mol. The van der Waals surface area contributed by atoms with E-state index in [-0.39, 0.29) is 42.2 Å². The third-order valence-corrected chi connectivity index (χ3v) is 21.7. The number of allylic oxidation sites excluding steroid dienone is 3. The van der Waals surface area contributed by atoms with Gasteiger partial charge in [0.05, 0.1) is 49.0 Å². The minimum Gasteiger partial charge on any atom is -0.449 e. The lowest BCUT2D eigenvalue weighted by atomic mass is 9.78. The van der Waals surface area contributed by atoms with E-state index in [9.17, 15) is 34.1 Å². The van der Waals surface area contributed by atoms with Crippen molar-refractivity contribution in [3.63, 3.8) is 0 Å². The lowest BCUT2D eigenvalue weighted by Gasteiger charge is -2.27. The molecule has 0 bridgehead atoms. The monoisotopic (exact) mass is 1560 g/mol. The second-order valence-corrected chi connectivity index (χ2v) is 31.4. The molecule has 6 N–H and O–H groups in total. The first kappa shape index (κ1) is 79.9. The van der Waals surface area contributed by atoms with E-state index < -0.39 is 23.0 Å². The highest BCUT2D eigenvalue weighted by molar-refractivity contribution is 5.79.